The fraction of sp³-hybridized carbons (Fsp3) is 0.867. The highest BCUT2D eigenvalue weighted by Crippen LogP contribution is 2.23. The Morgan fingerprint density at radius 3 is 2.57 bits per heavy atom. The number of amides is 1. The van der Waals surface area contributed by atoms with Crippen LogP contribution in [-0.2, 0) is 14.3 Å². The minimum absolute atomic E-state index is 0. The largest absolute Gasteiger partial charge is 0.469 e. The number of hydrogen-bond acceptors (Lipinski definition) is 4. The molecular formula is C15H29ClN2O3. The quantitative estimate of drug-likeness (QED) is 0.757. The minimum atomic E-state index is -0.277. The van der Waals surface area contributed by atoms with E-state index in [0.717, 1.165) is 13.1 Å². The van der Waals surface area contributed by atoms with Crippen molar-refractivity contribution >= 4 is 24.3 Å². The highest BCUT2D eigenvalue weighted by atomic mass is 35.5. The van der Waals surface area contributed by atoms with Gasteiger partial charge in [0, 0.05) is 20.0 Å². The smallest absolute Gasteiger partial charge is 0.310 e. The number of nitrogens with zero attached hydrogens (tertiary/aromatic N) is 1. The van der Waals surface area contributed by atoms with Gasteiger partial charge in [-0.25, -0.2) is 0 Å². The lowest BCUT2D eigenvalue weighted by Gasteiger charge is -2.29. The Hall–Kier alpha value is -0.810. The Balaban J connectivity index is 0.00000400. The molecule has 0 aromatic rings. The fourth-order valence-electron chi connectivity index (χ4n) is 2.75. The summed E-state index contributed by atoms with van der Waals surface area (Å²) in [6.45, 7) is 6.45. The van der Waals surface area contributed by atoms with E-state index in [1.165, 1.54) is 20.0 Å². The van der Waals surface area contributed by atoms with Gasteiger partial charge in [-0.15, -0.1) is 12.4 Å². The van der Waals surface area contributed by atoms with Crippen molar-refractivity contribution in [3.05, 3.63) is 0 Å². The molecule has 6 heteroatoms. The molecule has 3 unspecified atom stereocenters. The summed E-state index contributed by atoms with van der Waals surface area (Å²) in [7, 11) is 3.13. The van der Waals surface area contributed by atoms with E-state index in [9.17, 15) is 9.59 Å². The van der Waals surface area contributed by atoms with Crippen molar-refractivity contribution in [2.75, 3.05) is 33.8 Å². The van der Waals surface area contributed by atoms with Gasteiger partial charge in [0.2, 0.25) is 5.91 Å². The highest BCUT2D eigenvalue weighted by molar-refractivity contribution is 5.85. The second-order valence-electron chi connectivity index (χ2n) is 5.99. The Bertz CT molecular complexity index is 333. The van der Waals surface area contributed by atoms with Gasteiger partial charge in [0.05, 0.1) is 13.0 Å². The maximum Gasteiger partial charge on any atom is 0.310 e. The van der Waals surface area contributed by atoms with Crippen LogP contribution < -0.4 is 5.32 Å². The number of ether oxygens (including phenoxy) is 1. The van der Waals surface area contributed by atoms with Crippen molar-refractivity contribution in [1.82, 2.24) is 10.2 Å². The summed E-state index contributed by atoms with van der Waals surface area (Å²) < 4.78 is 4.68. The normalized spacial score (nSPS) is 20.9. The van der Waals surface area contributed by atoms with Crippen LogP contribution in [0, 0.1) is 17.8 Å². The van der Waals surface area contributed by atoms with Crippen molar-refractivity contribution in [2.24, 2.45) is 17.8 Å². The van der Waals surface area contributed by atoms with E-state index in [1.54, 1.807) is 18.9 Å². The predicted molar refractivity (Wildman–Crippen MR) is 85.4 cm³/mol. The third kappa shape index (κ3) is 6.66. The molecule has 0 aromatic carbocycles. The lowest BCUT2D eigenvalue weighted by molar-refractivity contribution is -0.146. The molecule has 1 heterocycles. The molecule has 3 atom stereocenters. The zero-order chi connectivity index (χ0) is 15.1. The molecule has 1 fully saturated rings. The summed E-state index contributed by atoms with van der Waals surface area (Å²) in [4.78, 5) is 25.2. The summed E-state index contributed by atoms with van der Waals surface area (Å²) >= 11 is 0. The average molecular weight is 321 g/mol. The summed E-state index contributed by atoms with van der Waals surface area (Å²) in [6.07, 6.45) is 2.94. The predicted octanol–water partition coefficient (Wildman–Crippen LogP) is 1.70. The van der Waals surface area contributed by atoms with E-state index in [-0.39, 0.29) is 30.2 Å². The van der Waals surface area contributed by atoms with E-state index >= 15 is 0 Å². The number of carbonyl (C=O) groups is 2. The topological polar surface area (TPSA) is 58.6 Å². The SMILES string of the molecule is COC(=O)C(C)CN(C)C(=O)CC(C)C1CCCNC1.Cl. The van der Waals surface area contributed by atoms with Crippen LogP contribution in [-0.4, -0.2) is 50.6 Å². The standard InChI is InChI=1S/C15H28N2O3.ClH/c1-11(13-6-5-7-16-9-13)8-14(18)17(3)10-12(2)15(19)20-4;/h11-13,16H,5-10H2,1-4H3;1H. The van der Waals surface area contributed by atoms with Gasteiger partial charge >= 0.3 is 5.97 Å². The summed E-state index contributed by atoms with van der Waals surface area (Å²) in [5, 5.41) is 3.39. The molecule has 1 rings (SSSR count). The first kappa shape index (κ1) is 20.2. The number of piperidine rings is 1. The maximum absolute atomic E-state index is 12.2. The third-order valence-electron chi connectivity index (χ3n) is 4.21. The first-order chi connectivity index (χ1) is 9.45. The van der Waals surface area contributed by atoms with Gasteiger partial charge in [0.1, 0.15) is 0 Å². The van der Waals surface area contributed by atoms with Crippen LogP contribution in [0.1, 0.15) is 33.1 Å². The molecule has 0 radical (unpaired) electrons. The van der Waals surface area contributed by atoms with Crippen LogP contribution in [0.2, 0.25) is 0 Å². The van der Waals surface area contributed by atoms with Crippen LogP contribution in [0.3, 0.4) is 0 Å². The average Bonchev–Trinajstić information content (AvgIpc) is 2.46. The van der Waals surface area contributed by atoms with Crippen molar-refractivity contribution in [3.8, 4) is 0 Å². The van der Waals surface area contributed by atoms with Gasteiger partial charge < -0.3 is 15.0 Å². The second kappa shape index (κ2) is 10.0. The Morgan fingerprint density at radius 2 is 2.05 bits per heavy atom. The molecule has 0 bridgehead atoms. The molecule has 5 nitrogen and oxygen atoms in total. The van der Waals surface area contributed by atoms with Crippen molar-refractivity contribution in [1.29, 1.82) is 0 Å². The van der Waals surface area contributed by atoms with Crippen LogP contribution in [0.15, 0.2) is 0 Å². The number of carbonyl (C=O) groups excluding carboxylic acids is 2. The van der Waals surface area contributed by atoms with Gasteiger partial charge in [-0.05, 0) is 37.8 Å². The molecule has 1 aliphatic rings. The molecule has 0 spiro atoms. The number of esters is 1. The second-order valence-corrected chi connectivity index (χ2v) is 5.99. The van der Waals surface area contributed by atoms with Crippen molar-refractivity contribution in [3.63, 3.8) is 0 Å². The third-order valence-corrected chi connectivity index (χ3v) is 4.21. The molecule has 1 aliphatic heterocycles. The summed E-state index contributed by atoms with van der Waals surface area (Å²) in [5.74, 6) is 0.527. The number of rotatable bonds is 6. The molecule has 1 amide bonds. The number of nitrogens with one attached hydrogen (secondary N) is 1. The maximum atomic E-state index is 12.2. The van der Waals surface area contributed by atoms with E-state index in [2.05, 4.69) is 17.0 Å². The van der Waals surface area contributed by atoms with E-state index in [1.807, 2.05) is 0 Å². The first-order valence-electron chi connectivity index (χ1n) is 7.48. The van der Waals surface area contributed by atoms with E-state index in [4.69, 9.17) is 0 Å². The van der Waals surface area contributed by atoms with Crippen molar-refractivity contribution < 1.29 is 14.3 Å². The molecule has 21 heavy (non-hydrogen) atoms. The van der Waals surface area contributed by atoms with E-state index < -0.39 is 0 Å². The number of hydrogen-bond donors (Lipinski definition) is 1. The van der Waals surface area contributed by atoms with Gasteiger partial charge in [-0.1, -0.05) is 13.8 Å². The Kier molecular flexibility index (Phi) is 9.62. The van der Waals surface area contributed by atoms with Gasteiger partial charge in [-0.2, -0.15) is 0 Å². The molecule has 0 aromatic heterocycles. The molecule has 124 valence electrons. The Labute approximate surface area is 134 Å². The zero-order valence-corrected chi connectivity index (χ0v) is 14.4. The zero-order valence-electron chi connectivity index (χ0n) is 13.6. The lowest BCUT2D eigenvalue weighted by atomic mass is 9.85. The molecule has 1 N–H and O–H groups in total. The molecule has 0 aliphatic carbocycles. The lowest BCUT2D eigenvalue weighted by Crippen LogP contribution is -2.38. The van der Waals surface area contributed by atoms with Gasteiger partial charge in [0.15, 0.2) is 0 Å². The minimum Gasteiger partial charge on any atom is -0.469 e. The van der Waals surface area contributed by atoms with Crippen LogP contribution in [0.25, 0.3) is 0 Å². The summed E-state index contributed by atoms with van der Waals surface area (Å²) in [6, 6.07) is 0. The molecule has 1 saturated heterocycles. The van der Waals surface area contributed by atoms with Gasteiger partial charge in [0.25, 0.3) is 0 Å². The highest BCUT2D eigenvalue weighted by Gasteiger charge is 2.24. The molecule has 0 saturated carbocycles. The summed E-state index contributed by atoms with van der Waals surface area (Å²) in [5.41, 5.74) is 0. The Morgan fingerprint density at radius 1 is 1.38 bits per heavy atom. The fourth-order valence-corrected chi connectivity index (χ4v) is 2.75. The van der Waals surface area contributed by atoms with Crippen LogP contribution >= 0.6 is 12.4 Å². The molecular weight excluding hydrogens is 292 g/mol. The van der Waals surface area contributed by atoms with Crippen LogP contribution in [0.4, 0.5) is 0 Å². The van der Waals surface area contributed by atoms with Crippen LogP contribution in [0.5, 0.6) is 0 Å². The van der Waals surface area contributed by atoms with Gasteiger partial charge in [-0.3, -0.25) is 9.59 Å². The monoisotopic (exact) mass is 320 g/mol. The van der Waals surface area contributed by atoms with E-state index in [0.29, 0.717) is 24.8 Å². The first-order valence-corrected chi connectivity index (χ1v) is 7.48. The van der Waals surface area contributed by atoms with Crippen molar-refractivity contribution in [2.45, 2.75) is 33.1 Å². The number of halogens is 1. The number of methoxy groups -OCH3 is 1.